The maximum atomic E-state index is 2.45. The predicted octanol–water partition coefficient (Wildman–Crippen LogP) is 3.24. The van der Waals surface area contributed by atoms with Gasteiger partial charge in [0.1, 0.15) is 0 Å². The minimum atomic E-state index is 0.0883. The van der Waals surface area contributed by atoms with Crippen molar-refractivity contribution in [2.24, 2.45) is 0 Å². The third-order valence-electron chi connectivity index (χ3n) is 3.39. The molecule has 0 amide bonds. The van der Waals surface area contributed by atoms with E-state index in [-0.39, 0.29) is 26.1 Å². The van der Waals surface area contributed by atoms with Gasteiger partial charge in [-0.3, -0.25) is 0 Å². The van der Waals surface area contributed by atoms with E-state index in [1.165, 1.54) is 16.7 Å². The van der Waals surface area contributed by atoms with Crippen molar-refractivity contribution >= 4 is 24.6 Å². The first-order valence-electron chi connectivity index (χ1n) is 7.29. The minimum absolute atomic E-state index is 0.0883. The van der Waals surface area contributed by atoms with Crippen LogP contribution >= 0.6 is 0 Å². The molecule has 20 heavy (non-hydrogen) atoms. The van der Waals surface area contributed by atoms with E-state index >= 15 is 0 Å². The summed E-state index contributed by atoms with van der Waals surface area (Å²) in [6.45, 7) is 16.2. The summed E-state index contributed by atoms with van der Waals surface area (Å²) in [5.41, 5.74) is 4.86. The van der Waals surface area contributed by atoms with Crippen LogP contribution in [-0.2, 0) is 10.8 Å². The second-order valence-electron chi connectivity index (χ2n) is 7.90. The van der Waals surface area contributed by atoms with Gasteiger partial charge in [0.2, 0.25) is 0 Å². The van der Waals surface area contributed by atoms with Crippen LogP contribution in [-0.4, -0.2) is 39.2 Å². The number of hydrogen-bond acceptors (Lipinski definition) is 1. The van der Waals surface area contributed by atoms with Crippen molar-refractivity contribution in [1.82, 2.24) is 4.90 Å². The number of rotatable bonds is 2. The molecule has 1 rings (SSSR count). The Morgan fingerprint density at radius 2 is 1.50 bits per heavy atom. The molecule has 112 valence electrons. The molecule has 0 aliphatic rings. The molecule has 0 radical (unpaired) electrons. The first-order chi connectivity index (χ1) is 8.93. The van der Waals surface area contributed by atoms with E-state index < -0.39 is 0 Å². The van der Waals surface area contributed by atoms with Gasteiger partial charge in [0.15, 0.2) is 0 Å². The van der Waals surface area contributed by atoms with Gasteiger partial charge in [0.25, 0.3) is 0 Å². The summed E-state index contributed by atoms with van der Waals surface area (Å²) in [6.07, 6.45) is 0. The monoisotopic (exact) mass is 335 g/mol. The third kappa shape index (κ3) is 4.57. The van der Waals surface area contributed by atoms with E-state index in [1.54, 1.807) is 4.35 Å². The number of nitrogens with zero attached hydrogens (tertiary/aromatic N) is 1. The molecule has 0 N–H and O–H groups in total. The van der Waals surface area contributed by atoms with Crippen LogP contribution in [0.1, 0.15) is 58.2 Å². The zero-order chi connectivity index (χ0) is 15.7. The van der Waals surface area contributed by atoms with E-state index in [2.05, 4.69) is 84.5 Å². The van der Waals surface area contributed by atoms with Gasteiger partial charge in [-0.05, 0) is 0 Å². The Balaban J connectivity index is 3.52. The first-order valence-corrected chi connectivity index (χ1v) is 9.31. The quantitative estimate of drug-likeness (QED) is 0.750. The summed E-state index contributed by atoms with van der Waals surface area (Å²) in [6, 6.07) is 4.84. The molecule has 0 aromatic heterocycles. The normalized spacial score (nSPS) is 13.5. The Morgan fingerprint density at radius 1 is 0.950 bits per heavy atom. The molecule has 1 nitrogen and oxygen atoms in total. The average molecular weight is 335 g/mol. The van der Waals surface area contributed by atoms with Gasteiger partial charge < -0.3 is 0 Å². The summed E-state index contributed by atoms with van der Waals surface area (Å²) in [4.78, 5) is 4.54. The Hall–Kier alpha value is -0.392. The van der Waals surface area contributed by atoms with Crippen LogP contribution in [0.5, 0.6) is 0 Å². The molecule has 0 saturated heterocycles. The van der Waals surface area contributed by atoms with E-state index in [4.69, 9.17) is 0 Å². The molecule has 1 aromatic rings. The number of hydrogen-bond donors (Lipinski definition) is 0. The molecule has 2 heteroatoms. The van der Waals surface area contributed by atoms with Crippen LogP contribution < -0.4 is 4.35 Å². The molecule has 0 bridgehead atoms. The Kier molecular flexibility index (Phi) is 5.44. The van der Waals surface area contributed by atoms with Gasteiger partial charge in [-0.2, -0.15) is 0 Å². The number of benzene rings is 1. The van der Waals surface area contributed by atoms with Crippen molar-refractivity contribution in [3.8, 4) is 0 Å². The van der Waals surface area contributed by atoms with Gasteiger partial charge in [-0.15, -0.1) is 0 Å². The van der Waals surface area contributed by atoms with Crippen molar-refractivity contribution in [1.29, 1.82) is 0 Å². The van der Waals surface area contributed by atoms with Gasteiger partial charge in [0.05, 0.1) is 0 Å². The van der Waals surface area contributed by atoms with Gasteiger partial charge in [0, 0.05) is 0 Å². The average Bonchev–Trinajstić information content (AvgIpc) is 2.23. The summed E-state index contributed by atoms with van der Waals surface area (Å²) in [7, 11) is 4.23. The van der Waals surface area contributed by atoms with E-state index in [1.807, 2.05) is 0 Å². The fourth-order valence-electron chi connectivity index (χ4n) is 2.13. The molecule has 1 aromatic carbocycles. The van der Waals surface area contributed by atoms with E-state index in [9.17, 15) is 0 Å². The van der Waals surface area contributed by atoms with Crippen molar-refractivity contribution in [2.45, 2.75) is 59.3 Å². The standard InChI is InChI=1S/C18H30AsN/c1-13-10-14(17(2,3)4)11-15(18(5,6)7)16(13)19-12-20(8)9/h10-12H,1-9H3. The second kappa shape index (κ2) is 6.16. The third-order valence-corrected chi connectivity index (χ3v) is 6.39. The maximum absolute atomic E-state index is 2.45. The van der Waals surface area contributed by atoms with Crippen LogP contribution in [0.15, 0.2) is 12.1 Å². The van der Waals surface area contributed by atoms with Crippen LogP contribution in [0.25, 0.3) is 0 Å². The van der Waals surface area contributed by atoms with Crippen LogP contribution in [0.4, 0.5) is 0 Å². The topological polar surface area (TPSA) is 3.24 Å². The van der Waals surface area contributed by atoms with Crippen LogP contribution in [0.2, 0.25) is 0 Å². The summed E-state index contributed by atoms with van der Waals surface area (Å²) in [5.74, 6) is 0. The molecule has 0 heterocycles. The fraction of sp³-hybridized carbons (Fsp3) is 0.611. The van der Waals surface area contributed by atoms with Crippen LogP contribution in [0.3, 0.4) is 0 Å². The van der Waals surface area contributed by atoms with Crippen molar-refractivity contribution in [3.05, 3.63) is 28.8 Å². The Labute approximate surface area is 132 Å². The SMILES string of the molecule is Cc1cc(C(C)(C)C)cc(C(C)(C)C)c1[As]=CN(C)C. The van der Waals surface area contributed by atoms with Crippen LogP contribution in [0, 0.1) is 6.92 Å². The molecule has 0 spiro atoms. The summed E-state index contributed by atoms with van der Waals surface area (Å²) >= 11 is 0.0883. The molecule has 0 atom stereocenters. The molecule has 0 aliphatic carbocycles. The van der Waals surface area contributed by atoms with Crippen molar-refractivity contribution in [3.63, 3.8) is 0 Å². The molecular formula is C18H30AsN. The summed E-state index contributed by atoms with van der Waals surface area (Å²) in [5, 5.41) is 0. The predicted molar refractivity (Wildman–Crippen MR) is 93.7 cm³/mol. The molecule has 0 saturated carbocycles. The summed E-state index contributed by atoms with van der Waals surface area (Å²) < 4.78 is 1.58. The van der Waals surface area contributed by atoms with Gasteiger partial charge in [-0.25, -0.2) is 0 Å². The van der Waals surface area contributed by atoms with Gasteiger partial charge in [-0.1, -0.05) is 0 Å². The zero-order valence-electron chi connectivity index (χ0n) is 14.6. The fourth-order valence-corrected chi connectivity index (χ4v) is 4.55. The van der Waals surface area contributed by atoms with Crippen molar-refractivity contribution < 1.29 is 0 Å². The zero-order valence-corrected chi connectivity index (χ0v) is 16.5. The molecule has 0 fully saturated rings. The Morgan fingerprint density at radius 3 is 1.90 bits per heavy atom. The molecule has 0 aliphatic heterocycles. The first kappa shape index (κ1) is 17.7. The van der Waals surface area contributed by atoms with E-state index in [0.717, 1.165) is 0 Å². The Bertz CT molecular complexity index is 499. The second-order valence-corrected chi connectivity index (χ2v) is 9.86. The van der Waals surface area contributed by atoms with Gasteiger partial charge >= 0.3 is 132 Å². The molecular weight excluding hydrogens is 305 g/mol. The van der Waals surface area contributed by atoms with E-state index in [0.29, 0.717) is 0 Å². The molecule has 0 unspecified atom stereocenters. The van der Waals surface area contributed by atoms with Crippen molar-refractivity contribution in [2.75, 3.05) is 14.1 Å². The number of aryl methyl sites for hydroxylation is 1.